The first-order chi connectivity index (χ1) is 9.56. The summed E-state index contributed by atoms with van der Waals surface area (Å²) in [5.74, 6) is -0.454. The molecule has 0 heterocycles. The number of amides is 2. The molecule has 0 radical (unpaired) electrons. The predicted molar refractivity (Wildman–Crippen MR) is 81.1 cm³/mol. The van der Waals surface area contributed by atoms with Gasteiger partial charge in [-0.25, -0.2) is 0 Å². The maximum atomic E-state index is 11.7. The third-order valence-electron chi connectivity index (χ3n) is 2.92. The third kappa shape index (κ3) is 5.26. The lowest BCUT2D eigenvalue weighted by Crippen LogP contribution is -2.44. The summed E-state index contributed by atoms with van der Waals surface area (Å²) in [7, 11) is 0. The summed E-state index contributed by atoms with van der Waals surface area (Å²) in [6, 6.07) is 7.48. The molecule has 0 saturated carbocycles. The lowest BCUT2D eigenvalue weighted by molar-refractivity contribution is -0.126. The number of benzene rings is 1. The van der Waals surface area contributed by atoms with Gasteiger partial charge in [0.1, 0.15) is 6.04 Å². The van der Waals surface area contributed by atoms with Gasteiger partial charge >= 0.3 is 0 Å². The van der Waals surface area contributed by atoms with Gasteiger partial charge in [0.25, 0.3) is 0 Å². The smallest absolute Gasteiger partial charge is 0.244 e. The molecule has 0 bridgehead atoms. The van der Waals surface area contributed by atoms with Crippen molar-refractivity contribution >= 4 is 17.9 Å². The van der Waals surface area contributed by atoms with Crippen molar-refractivity contribution in [3.63, 3.8) is 0 Å². The molecule has 0 aliphatic rings. The van der Waals surface area contributed by atoms with Crippen LogP contribution in [0.5, 0.6) is 0 Å². The van der Waals surface area contributed by atoms with Gasteiger partial charge in [-0.15, -0.1) is 0 Å². The molecule has 1 aromatic rings. The van der Waals surface area contributed by atoms with Gasteiger partial charge in [0, 0.05) is 12.6 Å². The van der Waals surface area contributed by atoms with Crippen molar-refractivity contribution < 1.29 is 9.59 Å². The Bertz CT molecular complexity index is 478. The fourth-order valence-corrected chi connectivity index (χ4v) is 1.69. The molecule has 0 aliphatic carbocycles. The Morgan fingerprint density at radius 1 is 1.20 bits per heavy atom. The van der Waals surface area contributed by atoms with E-state index in [1.807, 2.05) is 31.2 Å². The van der Waals surface area contributed by atoms with Crippen LogP contribution in [-0.4, -0.2) is 24.4 Å². The van der Waals surface area contributed by atoms with Crippen LogP contribution in [0.3, 0.4) is 0 Å². The number of likely N-dealkylation sites (N-methyl/N-ethyl adjacent to an activating group) is 1. The fourth-order valence-electron chi connectivity index (χ4n) is 1.69. The van der Waals surface area contributed by atoms with Gasteiger partial charge in [-0.3, -0.25) is 9.59 Å². The van der Waals surface area contributed by atoms with Crippen LogP contribution in [0, 0.1) is 0 Å². The highest BCUT2D eigenvalue weighted by atomic mass is 16.2. The van der Waals surface area contributed by atoms with Crippen molar-refractivity contribution in [2.45, 2.75) is 33.2 Å². The molecule has 2 N–H and O–H groups in total. The Labute approximate surface area is 120 Å². The summed E-state index contributed by atoms with van der Waals surface area (Å²) in [4.78, 5) is 23.2. The van der Waals surface area contributed by atoms with E-state index >= 15 is 0 Å². The van der Waals surface area contributed by atoms with E-state index < -0.39 is 6.04 Å². The van der Waals surface area contributed by atoms with Gasteiger partial charge in [0.2, 0.25) is 11.8 Å². The van der Waals surface area contributed by atoms with Gasteiger partial charge in [-0.2, -0.15) is 0 Å². The summed E-state index contributed by atoms with van der Waals surface area (Å²) in [5, 5.41) is 5.28. The number of carbonyl (C=O) groups is 2. The second-order valence-corrected chi connectivity index (χ2v) is 4.55. The Morgan fingerprint density at radius 3 is 2.40 bits per heavy atom. The van der Waals surface area contributed by atoms with Crippen molar-refractivity contribution in [3.05, 3.63) is 41.5 Å². The molecular weight excluding hydrogens is 252 g/mol. The van der Waals surface area contributed by atoms with Crippen LogP contribution in [0.1, 0.15) is 31.9 Å². The first-order valence-corrected chi connectivity index (χ1v) is 6.92. The van der Waals surface area contributed by atoms with E-state index in [1.165, 1.54) is 11.6 Å². The third-order valence-corrected chi connectivity index (χ3v) is 2.92. The molecule has 0 spiro atoms. The van der Waals surface area contributed by atoms with Gasteiger partial charge in [0.05, 0.1) is 0 Å². The zero-order valence-electron chi connectivity index (χ0n) is 12.3. The highest BCUT2D eigenvalue weighted by molar-refractivity contribution is 5.95. The standard InChI is InChI=1S/C16H22N2O2/c1-4-13-6-8-14(9-7-13)10-11-15(19)18-12(3)16(20)17-5-2/h6-12H,4-5H2,1-3H3,(H,17,20)(H,18,19)/b11-10+/t12-/m1/s1. The maximum Gasteiger partial charge on any atom is 0.244 e. The Hall–Kier alpha value is -2.10. The van der Waals surface area contributed by atoms with Crippen LogP contribution < -0.4 is 10.6 Å². The average molecular weight is 274 g/mol. The SMILES string of the molecule is CCNC(=O)[C@@H](C)NC(=O)/C=C/c1ccc(CC)cc1. The molecule has 108 valence electrons. The van der Waals surface area contributed by atoms with E-state index in [2.05, 4.69) is 17.6 Å². The normalized spacial score (nSPS) is 12.2. The zero-order valence-corrected chi connectivity index (χ0v) is 12.3. The molecule has 2 amide bonds. The maximum absolute atomic E-state index is 11.7. The molecule has 0 aromatic heterocycles. The van der Waals surface area contributed by atoms with Crippen molar-refractivity contribution in [2.75, 3.05) is 6.54 Å². The monoisotopic (exact) mass is 274 g/mol. The van der Waals surface area contributed by atoms with E-state index in [1.54, 1.807) is 13.0 Å². The van der Waals surface area contributed by atoms with E-state index in [4.69, 9.17) is 0 Å². The minimum absolute atomic E-state index is 0.179. The summed E-state index contributed by atoms with van der Waals surface area (Å²) >= 11 is 0. The number of carbonyl (C=O) groups excluding carboxylic acids is 2. The number of nitrogens with one attached hydrogen (secondary N) is 2. The summed E-state index contributed by atoms with van der Waals surface area (Å²) < 4.78 is 0. The second kappa shape index (κ2) is 8.15. The molecule has 4 heteroatoms. The van der Waals surface area contributed by atoms with Gasteiger partial charge in [0.15, 0.2) is 0 Å². The quantitative estimate of drug-likeness (QED) is 0.778. The number of hydrogen-bond donors (Lipinski definition) is 2. The average Bonchev–Trinajstić information content (AvgIpc) is 2.45. The Kier molecular flexibility index (Phi) is 6.50. The Balaban J connectivity index is 2.52. The van der Waals surface area contributed by atoms with Crippen molar-refractivity contribution in [1.29, 1.82) is 0 Å². The summed E-state index contributed by atoms with van der Waals surface area (Å²) in [6.45, 7) is 6.15. The topological polar surface area (TPSA) is 58.2 Å². The summed E-state index contributed by atoms with van der Waals surface area (Å²) in [5.41, 5.74) is 2.22. The fraction of sp³-hybridized carbons (Fsp3) is 0.375. The predicted octanol–water partition coefficient (Wildman–Crippen LogP) is 1.90. The van der Waals surface area contributed by atoms with Crippen LogP contribution in [0.25, 0.3) is 6.08 Å². The summed E-state index contributed by atoms with van der Waals surface area (Å²) in [6.07, 6.45) is 4.17. The van der Waals surface area contributed by atoms with Crippen LogP contribution in [0.15, 0.2) is 30.3 Å². The largest absolute Gasteiger partial charge is 0.355 e. The van der Waals surface area contributed by atoms with E-state index in [9.17, 15) is 9.59 Å². The minimum atomic E-state index is -0.533. The second-order valence-electron chi connectivity index (χ2n) is 4.55. The minimum Gasteiger partial charge on any atom is -0.355 e. The van der Waals surface area contributed by atoms with Gasteiger partial charge in [-0.05, 0) is 37.5 Å². The van der Waals surface area contributed by atoms with Crippen LogP contribution >= 0.6 is 0 Å². The molecule has 0 unspecified atom stereocenters. The first kappa shape index (κ1) is 16.0. The highest BCUT2D eigenvalue weighted by Gasteiger charge is 2.12. The van der Waals surface area contributed by atoms with E-state index in [0.717, 1.165) is 12.0 Å². The van der Waals surface area contributed by atoms with E-state index in [0.29, 0.717) is 6.54 Å². The molecule has 0 aliphatic heterocycles. The number of aryl methyl sites for hydroxylation is 1. The molecule has 0 saturated heterocycles. The van der Waals surface area contributed by atoms with Crippen molar-refractivity contribution in [3.8, 4) is 0 Å². The van der Waals surface area contributed by atoms with Gasteiger partial charge < -0.3 is 10.6 Å². The molecule has 1 rings (SSSR count). The molecule has 1 atom stereocenters. The van der Waals surface area contributed by atoms with Crippen LogP contribution in [-0.2, 0) is 16.0 Å². The lowest BCUT2D eigenvalue weighted by atomic mass is 10.1. The molecule has 0 fully saturated rings. The zero-order chi connectivity index (χ0) is 15.0. The lowest BCUT2D eigenvalue weighted by Gasteiger charge is -2.11. The van der Waals surface area contributed by atoms with Crippen molar-refractivity contribution in [2.24, 2.45) is 0 Å². The molecular formula is C16H22N2O2. The highest BCUT2D eigenvalue weighted by Crippen LogP contribution is 2.06. The molecule has 4 nitrogen and oxygen atoms in total. The Morgan fingerprint density at radius 2 is 1.85 bits per heavy atom. The van der Waals surface area contributed by atoms with Gasteiger partial charge in [-0.1, -0.05) is 31.2 Å². The molecule has 1 aromatic carbocycles. The van der Waals surface area contributed by atoms with E-state index in [-0.39, 0.29) is 11.8 Å². The first-order valence-electron chi connectivity index (χ1n) is 6.92. The molecule has 20 heavy (non-hydrogen) atoms. The number of rotatable bonds is 6. The van der Waals surface area contributed by atoms with Crippen molar-refractivity contribution in [1.82, 2.24) is 10.6 Å². The van der Waals surface area contributed by atoms with Crippen LogP contribution in [0.2, 0.25) is 0 Å². The van der Waals surface area contributed by atoms with Crippen LogP contribution in [0.4, 0.5) is 0 Å². The number of hydrogen-bond acceptors (Lipinski definition) is 2.